The van der Waals surface area contributed by atoms with E-state index in [1.807, 2.05) is 0 Å². The highest BCUT2D eigenvalue weighted by Gasteiger charge is 2.20. The summed E-state index contributed by atoms with van der Waals surface area (Å²) in [6.45, 7) is 2.12. The maximum Gasteiger partial charge on any atom is 0.224 e. The summed E-state index contributed by atoms with van der Waals surface area (Å²) in [6.07, 6.45) is 2.85. The molecule has 0 spiro atoms. The zero-order valence-electron chi connectivity index (χ0n) is 11.0. The summed E-state index contributed by atoms with van der Waals surface area (Å²) in [6, 6.07) is 5.13. The topological polar surface area (TPSA) is 32.3 Å². The van der Waals surface area contributed by atoms with Gasteiger partial charge in [-0.15, -0.1) is 0 Å². The van der Waals surface area contributed by atoms with Gasteiger partial charge in [-0.2, -0.15) is 0 Å². The lowest BCUT2D eigenvalue weighted by molar-refractivity contribution is -0.117. The molecule has 0 aliphatic carbocycles. The quantitative estimate of drug-likeness (QED) is 0.924. The Balaban J connectivity index is 1.88. The maximum absolute atomic E-state index is 12.0. The molecule has 3 nitrogen and oxygen atoms in total. The smallest absolute Gasteiger partial charge is 0.224 e. The van der Waals surface area contributed by atoms with Gasteiger partial charge in [-0.25, -0.2) is 0 Å². The second-order valence-electron chi connectivity index (χ2n) is 5.15. The average molecular weight is 301 g/mol. The van der Waals surface area contributed by atoms with E-state index in [1.54, 1.807) is 18.2 Å². The van der Waals surface area contributed by atoms with Gasteiger partial charge in [-0.05, 0) is 50.6 Å². The molecule has 1 fully saturated rings. The largest absolute Gasteiger partial charge is 0.326 e. The van der Waals surface area contributed by atoms with Crippen molar-refractivity contribution in [3.05, 3.63) is 28.2 Å². The summed E-state index contributed by atoms with van der Waals surface area (Å²) >= 11 is 11.8. The van der Waals surface area contributed by atoms with E-state index in [0.29, 0.717) is 28.1 Å². The average Bonchev–Trinajstić information content (AvgIpc) is 2.34. The Labute approximate surface area is 123 Å². The molecule has 0 aromatic heterocycles. The molecule has 1 unspecified atom stereocenters. The van der Waals surface area contributed by atoms with Crippen molar-refractivity contribution in [3.63, 3.8) is 0 Å². The van der Waals surface area contributed by atoms with Gasteiger partial charge in [-0.1, -0.05) is 23.2 Å². The number of carbonyl (C=O) groups excluding carboxylic acids is 1. The molecule has 1 amide bonds. The molecule has 0 bridgehead atoms. The fourth-order valence-corrected chi connectivity index (χ4v) is 2.79. The molecular formula is C14H18Cl2N2O. The van der Waals surface area contributed by atoms with E-state index in [2.05, 4.69) is 17.3 Å². The van der Waals surface area contributed by atoms with Gasteiger partial charge < -0.3 is 10.2 Å². The molecule has 1 aromatic rings. The third-order valence-electron chi connectivity index (χ3n) is 3.40. The Bertz CT molecular complexity index is 465. The van der Waals surface area contributed by atoms with Crippen LogP contribution in [0.1, 0.15) is 19.3 Å². The number of amides is 1. The van der Waals surface area contributed by atoms with Crippen LogP contribution >= 0.6 is 23.2 Å². The van der Waals surface area contributed by atoms with Gasteiger partial charge in [0.2, 0.25) is 5.91 Å². The first-order valence-corrected chi connectivity index (χ1v) is 7.23. The maximum atomic E-state index is 12.0. The van der Waals surface area contributed by atoms with Crippen molar-refractivity contribution in [1.82, 2.24) is 4.90 Å². The van der Waals surface area contributed by atoms with Gasteiger partial charge >= 0.3 is 0 Å². The van der Waals surface area contributed by atoms with Gasteiger partial charge in [0.05, 0.1) is 10.0 Å². The first kappa shape index (κ1) is 14.6. The molecule has 1 atom stereocenters. The normalized spacial score (nSPS) is 20.3. The van der Waals surface area contributed by atoms with Gasteiger partial charge in [-0.3, -0.25) is 4.79 Å². The Morgan fingerprint density at radius 2 is 2.21 bits per heavy atom. The molecule has 1 aliphatic rings. The highest BCUT2D eigenvalue weighted by molar-refractivity contribution is 6.42. The van der Waals surface area contributed by atoms with Gasteiger partial charge in [0.25, 0.3) is 0 Å². The number of hydrogen-bond donors (Lipinski definition) is 1. The molecule has 1 heterocycles. The minimum Gasteiger partial charge on any atom is -0.326 e. The van der Waals surface area contributed by atoms with Crippen molar-refractivity contribution in [3.8, 4) is 0 Å². The van der Waals surface area contributed by atoms with Crippen LogP contribution in [0.3, 0.4) is 0 Å². The van der Waals surface area contributed by atoms with E-state index >= 15 is 0 Å². The summed E-state index contributed by atoms with van der Waals surface area (Å²) in [5.74, 6) is 0.486. The Morgan fingerprint density at radius 1 is 1.42 bits per heavy atom. The van der Waals surface area contributed by atoms with Crippen LogP contribution in [0.5, 0.6) is 0 Å². The molecule has 1 saturated heterocycles. The number of carbonyl (C=O) groups is 1. The number of benzene rings is 1. The van der Waals surface area contributed by atoms with Gasteiger partial charge in [0, 0.05) is 18.7 Å². The molecule has 1 aliphatic heterocycles. The molecule has 0 radical (unpaired) electrons. The van der Waals surface area contributed by atoms with Crippen LogP contribution in [0.2, 0.25) is 10.0 Å². The lowest BCUT2D eigenvalue weighted by Gasteiger charge is -2.29. The van der Waals surface area contributed by atoms with Crippen molar-refractivity contribution < 1.29 is 4.79 Å². The lowest BCUT2D eigenvalue weighted by Crippen LogP contribution is -2.34. The molecule has 104 valence electrons. The Kier molecular flexibility index (Phi) is 5.08. The summed E-state index contributed by atoms with van der Waals surface area (Å²) in [5, 5.41) is 3.82. The number of anilines is 1. The first-order chi connectivity index (χ1) is 9.04. The van der Waals surface area contributed by atoms with Crippen LogP contribution in [0, 0.1) is 5.92 Å². The van der Waals surface area contributed by atoms with E-state index in [-0.39, 0.29) is 5.91 Å². The second-order valence-corrected chi connectivity index (χ2v) is 5.97. The van der Waals surface area contributed by atoms with Crippen molar-refractivity contribution in [1.29, 1.82) is 0 Å². The van der Waals surface area contributed by atoms with E-state index in [0.717, 1.165) is 19.5 Å². The molecule has 0 saturated carbocycles. The lowest BCUT2D eigenvalue weighted by atomic mass is 9.95. The molecular weight excluding hydrogens is 283 g/mol. The van der Waals surface area contributed by atoms with E-state index in [4.69, 9.17) is 23.2 Å². The Hall–Kier alpha value is -0.770. The van der Waals surface area contributed by atoms with Crippen LogP contribution < -0.4 is 5.32 Å². The third-order valence-corrected chi connectivity index (χ3v) is 4.14. The fraction of sp³-hybridized carbons (Fsp3) is 0.500. The molecule has 2 rings (SSSR count). The van der Waals surface area contributed by atoms with E-state index in [9.17, 15) is 4.79 Å². The van der Waals surface area contributed by atoms with Crippen LogP contribution in [0.4, 0.5) is 5.69 Å². The van der Waals surface area contributed by atoms with Crippen molar-refractivity contribution in [2.45, 2.75) is 19.3 Å². The fourth-order valence-electron chi connectivity index (χ4n) is 2.49. The zero-order chi connectivity index (χ0) is 13.8. The number of halogens is 2. The van der Waals surface area contributed by atoms with E-state index in [1.165, 1.54) is 6.42 Å². The zero-order valence-corrected chi connectivity index (χ0v) is 12.5. The highest BCUT2D eigenvalue weighted by atomic mass is 35.5. The Morgan fingerprint density at radius 3 is 2.89 bits per heavy atom. The van der Waals surface area contributed by atoms with Crippen LogP contribution in [-0.2, 0) is 4.79 Å². The summed E-state index contributed by atoms with van der Waals surface area (Å²) in [7, 11) is 2.10. The van der Waals surface area contributed by atoms with Crippen molar-refractivity contribution in [2.75, 3.05) is 25.5 Å². The van der Waals surface area contributed by atoms with Crippen molar-refractivity contribution >= 4 is 34.8 Å². The molecule has 5 heteroatoms. The van der Waals surface area contributed by atoms with Gasteiger partial charge in [0.15, 0.2) is 0 Å². The number of nitrogens with zero attached hydrogens (tertiary/aromatic N) is 1. The third kappa shape index (κ3) is 4.37. The number of hydrogen-bond acceptors (Lipinski definition) is 2. The van der Waals surface area contributed by atoms with Gasteiger partial charge in [0.1, 0.15) is 0 Å². The monoisotopic (exact) mass is 300 g/mol. The first-order valence-electron chi connectivity index (χ1n) is 6.48. The minimum absolute atomic E-state index is 0.0405. The predicted molar refractivity (Wildman–Crippen MR) is 79.9 cm³/mol. The predicted octanol–water partition coefficient (Wildman–Crippen LogP) is 3.66. The van der Waals surface area contributed by atoms with Crippen molar-refractivity contribution in [2.24, 2.45) is 5.92 Å². The summed E-state index contributed by atoms with van der Waals surface area (Å²) in [5.41, 5.74) is 0.698. The SMILES string of the molecule is CN1CCCC(CC(=O)Nc2ccc(Cl)c(Cl)c2)C1. The standard InChI is InChI=1S/C14H18Cl2N2O/c1-18-6-2-3-10(9-18)7-14(19)17-11-4-5-12(15)13(16)8-11/h4-5,8,10H,2-3,6-7,9H2,1H3,(H,17,19). The second kappa shape index (κ2) is 6.60. The summed E-state index contributed by atoms with van der Waals surface area (Å²) in [4.78, 5) is 14.3. The van der Waals surface area contributed by atoms with Crippen LogP contribution in [0.15, 0.2) is 18.2 Å². The number of likely N-dealkylation sites (tertiary alicyclic amines) is 1. The molecule has 19 heavy (non-hydrogen) atoms. The van der Waals surface area contributed by atoms with Crippen LogP contribution in [0.25, 0.3) is 0 Å². The van der Waals surface area contributed by atoms with E-state index < -0.39 is 0 Å². The van der Waals surface area contributed by atoms with Crippen LogP contribution in [-0.4, -0.2) is 30.9 Å². The number of piperidine rings is 1. The highest BCUT2D eigenvalue weighted by Crippen LogP contribution is 2.25. The number of rotatable bonds is 3. The molecule has 1 aromatic carbocycles. The summed E-state index contributed by atoms with van der Waals surface area (Å²) < 4.78 is 0. The molecule has 1 N–H and O–H groups in total. The number of nitrogens with one attached hydrogen (secondary N) is 1. The minimum atomic E-state index is 0.0405.